The van der Waals surface area contributed by atoms with Crippen molar-refractivity contribution < 1.29 is 13.2 Å². The molecule has 0 aromatic carbocycles. The molecule has 0 aromatic heterocycles. The number of hydrogen-bond acceptors (Lipinski definition) is 3. The molecule has 0 fully saturated rings. The van der Waals surface area contributed by atoms with Crippen molar-refractivity contribution in [3.63, 3.8) is 0 Å². The molecule has 0 saturated heterocycles. The second-order valence-electron chi connectivity index (χ2n) is 4.16. The lowest BCUT2D eigenvalue weighted by molar-refractivity contribution is -0.119. The Kier molecular flexibility index (Phi) is 6.81. The number of sulfone groups is 1. The third kappa shape index (κ3) is 6.66. The van der Waals surface area contributed by atoms with Crippen LogP contribution in [0.15, 0.2) is 0 Å². The molecule has 4 heteroatoms. The van der Waals surface area contributed by atoms with Crippen LogP contribution in [-0.2, 0) is 14.6 Å². The summed E-state index contributed by atoms with van der Waals surface area (Å²) in [6.45, 7) is 5.36. The van der Waals surface area contributed by atoms with E-state index in [0.29, 0.717) is 25.7 Å². The number of carbonyl (C=O) groups is 1. The molecular formula is C11H22O3S. The molecule has 0 unspecified atom stereocenters. The summed E-state index contributed by atoms with van der Waals surface area (Å²) in [5, 5.41) is -0.302. The third-order valence-corrected chi connectivity index (χ3v) is 4.68. The van der Waals surface area contributed by atoms with Gasteiger partial charge in [0.1, 0.15) is 5.78 Å². The van der Waals surface area contributed by atoms with Crippen LogP contribution in [-0.4, -0.2) is 25.2 Å². The number of unbranched alkanes of at least 4 members (excludes halogenated alkanes) is 1. The zero-order valence-electron chi connectivity index (χ0n) is 9.95. The number of Topliss-reactive ketones (excluding diaryl/α,β-unsaturated/α-hetero) is 1. The van der Waals surface area contributed by atoms with Gasteiger partial charge < -0.3 is 0 Å². The molecule has 0 radical (unpaired) electrons. The zero-order valence-corrected chi connectivity index (χ0v) is 10.8. The van der Waals surface area contributed by atoms with Crippen molar-refractivity contribution in [2.45, 2.75) is 58.1 Å². The maximum atomic E-state index is 11.4. The number of hydrogen-bond donors (Lipinski definition) is 0. The van der Waals surface area contributed by atoms with Crippen LogP contribution >= 0.6 is 0 Å². The van der Waals surface area contributed by atoms with Crippen molar-refractivity contribution in [1.29, 1.82) is 0 Å². The molecule has 0 aliphatic carbocycles. The van der Waals surface area contributed by atoms with Crippen LogP contribution in [0.3, 0.4) is 0 Å². The van der Waals surface area contributed by atoms with Crippen molar-refractivity contribution in [3.05, 3.63) is 0 Å². The van der Waals surface area contributed by atoms with E-state index in [9.17, 15) is 13.2 Å². The Bertz CT molecular complexity index is 278. The molecule has 15 heavy (non-hydrogen) atoms. The van der Waals surface area contributed by atoms with Gasteiger partial charge in [-0.05, 0) is 33.1 Å². The lowest BCUT2D eigenvalue weighted by atomic mass is 10.1. The highest BCUT2D eigenvalue weighted by molar-refractivity contribution is 7.91. The van der Waals surface area contributed by atoms with E-state index in [1.54, 1.807) is 13.8 Å². The smallest absolute Gasteiger partial charge is 0.152 e. The maximum absolute atomic E-state index is 11.4. The van der Waals surface area contributed by atoms with E-state index in [-0.39, 0.29) is 16.8 Å². The molecule has 0 heterocycles. The summed E-state index contributed by atoms with van der Waals surface area (Å²) in [6, 6.07) is 0. The van der Waals surface area contributed by atoms with Gasteiger partial charge in [-0.25, -0.2) is 8.42 Å². The van der Waals surface area contributed by atoms with Crippen LogP contribution in [0.5, 0.6) is 0 Å². The minimum Gasteiger partial charge on any atom is -0.300 e. The molecule has 0 saturated carbocycles. The van der Waals surface area contributed by atoms with Gasteiger partial charge in [-0.15, -0.1) is 0 Å². The first-order chi connectivity index (χ1) is 6.90. The average Bonchev–Trinajstić information content (AvgIpc) is 2.13. The SMILES string of the molecule is CCCC(=O)CCCCS(=O)(=O)C(C)C. The molecule has 3 nitrogen and oxygen atoms in total. The zero-order chi connectivity index (χ0) is 11.9. The fourth-order valence-electron chi connectivity index (χ4n) is 1.26. The van der Waals surface area contributed by atoms with E-state index >= 15 is 0 Å². The van der Waals surface area contributed by atoms with E-state index in [1.807, 2.05) is 6.92 Å². The first-order valence-electron chi connectivity index (χ1n) is 5.63. The van der Waals surface area contributed by atoms with Crippen LogP contribution in [0.2, 0.25) is 0 Å². The van der Waals surface area contributed by atoms with Gasteiger partial charge >= 0.3 is 0 Å². The highest BCUT2D eigenvalue weighted by Gasteiger charge is 2.15. The predicted molar refractivity (Wildman–Crippen MR) is 62.7 cm³/mol. The molecule has 0 rings (SSSR count). The molecule has 90 valence electrons. The number of rotatable bonds is 8. The Hall–Kier alpha value is -0.380. The second-order valence-corrected chi connectivity index (χ2v) is 6.84. The molecule has 0 atom stereocenters. The van der Waals surface area contributed by atoms with Gasteiger partial charge in [-0.3, -0.25) is 4.79 Å². The van der Waals surface area contributed by atoms with Crippen LogP contribution < -0.4 is 0 Å². The van der Waals surface area contributed by atoms with Crippen molar-refractivity contribution in [1.82, 2.24) is 0 Å². The van der Waals surface area contributed by atoms with E-state index in [2.05, 4.69) is 0 Å². The summed E-state index contributed by atoms with van der Waals surface area (Å²) >= 11 is 0. The molecular weight excluding hydrogens is 212 g/mol. The summed E-state index contributed by atoms with van der Waals surface area (Å²) in [5.74, 6) is 0.462. The van der Waals surface area contributed by atoms with Gasteiger partial charge in [-0.2, -0.15) is 0 Å². The lowest BCUT2D eigenvalue weighted by Crippen LogP contribution is -2.17. The Balaban J connectivity index is 3.68. The van der Waals surface area contributed by atoms with E-state index in [4.69, 9.17) is 0 Å². The van der Waals surface area contributed by atoms with Crippen molar-refractivity contribution >= 4 is 15.6 Å². The van der Waals surface area contributed by atoms with E-state index in [0.717, 1.165) is 6.42 Å². The maximum Gasteiger partial charge on any atom is 0.152 e. The molecule has 0 aromatic rings. The fourth-order valence-corrected chi connectivity index (χ4v) is 2.34. The van der Waals surface area contributed by atoms with Gasteiger partial charge in [0.25, 0.3) is 0 Å². The van der Waals surface area contributed by atoms with Gasteiger partial charge in [0.15, 0.2) is 9.84 Å². The van der Waals surface area contributed by atoms with E-state index < -0.39 is 9.84 Å². The largest absolute Gasteiger partial charge is 0.300 e. The Morgan fingerprint density at radius 3 is 2.20 bits per heavy atom. The highest BCUT2D eigenvalue weighted by atomic mass is 32.2. The summed E-state index contributed by atoms with van der Waals surface area (Å²) in [6.07, 6.45) is 3.34. The van der Waals surface area contributed by atoms with Crippen LogP contribution in [0.25, 0.3) is 0 Å². The minimum absolute atomic E-state index is 0.212. The van der Waals surface area contributed by atoms with Gasteiger partial charge in [0.05, 0.1) is 11.0 Å². The Morgan fingerprint density at radius 1 is 1.13 bits per heavy atom. The summed E-state index contributed by atoms with van der Waals surface area (Å²) in [5.41, 5.74) is 0. The van der Waals surface area contributed by atoms with Gasteiger partial charge in [0, 0.05) is 12.8 Å². The summed E-state index contributed by atoms with van der Waals surface area (Å²) in [7, 11) is -2.92. The first-order valence-corrected chi connectivity index (χ1v) is 7.35. The number of carbonyl (C=O) groups excluding carboxylic acids is 1. The van der Waals surface area contributed by atoms with Crippen LogP contribution in [0, 0.1) is 0 Å². The van der Waals surface area contributed by atoms with Gasteiger partial charge in [-0.1, -0.05) is 6.92 Å². The predicted octanol–water partition coefficient (Wildman–Crippen LogP) is 2.35. The van der Waals surface area contributed by atoms with Crippen LogP contribution in [0.4, 0.5) is 0 Å². The Morgan fingerprint density at radius 2 is 1.73 bits per heavy atom. The topological polar surface area (TPSA) is 51.2 Å². The highest BCUT2D eigenvalue weighted by Crippen LogP contribution is 2.07. The molecule has 0 spiro atoms. The second kappa shape index (κ2) is 6.99. The quantitative estimate of drug-likeness (QED) is 0.606. The number of ketones is 1. The van der Waals surface area contributed by atoms with Crippen molar-refractivity contribution in [2.24, 2.45) is 0 Å². The minimum atomic E-state index is -2.92. The fraction of sp³-hybridized carbons (Fsp3) is 0.909. The summed E-state index contributed by atoms with van der Waals surface area (Å²) < 4.78 is 22.8. The van der Waals surface area contributed by atoms with Crippen molar-refractivity contribution in [2.75, 3.05) is 5.75 Å². The standard InChI is InChI=1S/C11H22O3S/c1-4-7-11(12)8-5-6-9-15(13,14)10(2)3/h10H,4-9H2,1-3H3. The lowest BCUT2D eigenvalue weighted by Gasteiger charge is -2.06. The normalized spacial score (nSPS) is 12.0. The molecule has 0 aliphatic heterocycles. The average molecular weight is 234 g/mol. The Labute approximate surface area is 93.2 Å². The summed E-state index contributed by atoms with van der Waals surface area (Å²) in [4.78, 5) is 11.2. The third-order valence-electron chi connectivity index (χ3n) is 2.38. The van der Waals surface area contributed by atoms with Crippen LogP contribution in [0.1, 0.15) is 52.9 Å². The van der Waals surface area contributed by atoms with E-state index in [1.165, 1.54) is 0 Å². The molecule has 0 N–H and O–H groups in total. The van der Waals surface area contributed by atoms with Crippen molar-refractivity contribution in [3.8, 4) is 0 Å². The monoisotopic (exact) mass is 234 g/mol. The molecule has 0 amide bonds. The van der Waals surface area contributed by atoms with Gasteiger partial charge in [0.2, 0.25) is 0 Å². The first kappa shape index (κ1) is 14.6. The molecule has 0 aliphatic rings. The molecule has 0 bridgehead atoms.